The van der Waals surface area contributed by atoms with Crippen molar-refractivity contribution in [3.63, 3.8) is 0 Å². The molecule has 9 heteroatoms. The maximum absolute atomic E-state index is 14.3. The molecule has 4 rings (SSSR count). The minimum atomic E-state index is -4.16. The summed E-state index contributed by atoms with van der Waals surface area (Å²) in [6, 6.07) is 18.6. The average molecular weight is 610 g/mol. The fourth-order valence-corrected chi connectivity index (χ4v) is 7.12. The van der Waals surface area contributed by atoms with Gasteiger partial charge < -0.3 is 10.2 Å². The number of anilines is 1. The van der Waals surface area contributed by atoms with Crippen LogP contribution in [-0.4, -0.2) is 43.8 Å². The minimum Gasteiger partial charge on any atom is -0.352 e. The van der Waals surface area contributed by atoms with E-state index in [2.05, 4.69) is 5.32 Å². The van der Waals surface area contributed by atoms with Crippen LogP contribution in [0.1, 0.15) is 61.3 Å². The second-order valence-corrected chi connectivity index (χ2v) is 13.3. The standard InChI is InChI=1S/C33H40ClN3O4S/c1-5-30(33(39)35-27-13-8-9-14-27)36(21-26-12-7-6-11-24(26)3)32(38)22-37(31-16-10-15-29(34)25(31)4)42(40,41)28-19-17-23(2)18-20-28/h6-7,10-12,15-20,27,30H,5,8-9,13-14,21-22H2,1-4H3,(H,35,39)/t30-/m1/s1. The Morgan fingerprint density at radius 1 is 0.952 bits per heavy atom. The van der Waals surface area contributed by atoms with Crippen LogP contribution < -0.4 is 9.62 Å². The average Bonchev–Trinajstić information content (AvgIpc) is 3.47. The van der Waals surface area contributed by atoms with Crippen LogP contribution in [0.4, 0.5) is 5.69 Å². The zero-order chi connectivity index (χ0) is 30.4. The lowest BCUT2D eigenvalue weighted by atomic mass is 10.1. The fraction of sp³-hybridized carbons (Fsp3) is 0.394. The van der Waals surface area contributed by atoms with Crippen LogP contribution in [0, 0.1) is 20.8 Å². The van der Waals surface area contributed by atoms with Gasteiger partial charge in [-0.05, 0) is 81.0 Å². The zero-order valence-electron chi connectivity index (χ0n) is 24.8. The van der Waals surface area contributed by atoms with Crippen molar-refractivity contribution >= 4 is 39.1 Å². The van der Waals surface area contributed by atoms with Crippen LogP contribution in [0.5, 0.6) is 0 Å². The molecule has 3 aromatic carbocycles. The molecule has 3 aromatic rings. The molecule has 1 fully saturated rings. The highest BCUT2D eigenvalue weighted by atomic mass is 35.5. The predicted molar refractivity (Wildman–Crippen MR) is 168 cm³/mol. The van der Waals surface area contributed by atoms with Crippen LogP contribution in [0.25, 0.3) is 0 Å². The first-order chi connectivity index (χ1) is 20.0. The number of amides is 2. The topological polar surface area (TPSA) is 86.8 Å². The second kappa shape index (κ2) is 13.7. The molecule has 224 valence electrons. The third-order valence-electron chi connectivity index (χ3n) is 8.09. The molecular formula is C33H40ClN3O4S. The maximum Gasteiger partial charge on any atom is 0.264 e. The largest absolute Gasteiger partial charge is 0.352 e. The zero-order valence-corrected chi connectivity index (χ0v) is 26.3. The molecule has 0 unspecified atom stereocenters. The third kappa shape index (κ3) is 7.16. The molecule has 42 heavy (non-hydrogen) atoms. The smallest absolute Gasteiger partial charge is 0.264 e. The number of hydrogen-bond acceptors (Lipinski definition) is 4. The predicted octanol–water partition coefficient (Wildman–Crippen LogP) is 6.33. The SMILES string of the molecule is CC[C@H](C(=O)NC1CCCC1)N(Cc1ccccc1C)C(=O)CN(c1cccc(Cl)c1C)S(=O)(=O)c1ccc(C)cc1. The van der Waals surface area contributed by atoms with Gasteiger partial charge in [0.15, 0.2) is 0 Å². The van der Waals surface area contributed by atoms with Crippen LogP contribution >= 0.6 is 11.6 Å². The monoisotopic (exact) mass is 609 g/mol. The summed E-state index contributed by atoms with van der Waals surface area (Å²) >= 11 is 6.42. The summed E-state index contributed by atoms with van der Waals surface area (Å²) in [7, 11) is -4.16. The van der Waals surface area contributed by atoms with Crippen molar-refractivity contribution in [2.45, 2.75) is 83.3 Å². The Balaban J connectivity index is 1.75. The fourth-order valence-electron chi connectivity index (χ4n) is 5.48. The lowest BCUT2D eigenvalue weighted by Crippen LogP contribution is -2.53. The van der Waals surface area contributed by atoms with Gasteiger partial charge in [0, 0.05) is 17.6 Å². The molecular weight excluding hydrogens is 570 g/mol. The molecule has 0 aliphatic heterocycles. The van der Waals surface area contributed by atoms with Crippen molar-refractivity contribution in [1.82, 2.24) is 10.2 Å². The summed E-state index contributed by atoms with van der Waals surface area (Å²) in [6.45, 7) is 7.13. The van der Waals surface area contributed by atoms with Gasteiger partial charge in [-0.15, -0.1) is 0 Å². The van der Waals surface area contributed by atoms with Gasteiger partial charge in [0.1, 0.15) is 12.6 Å². The number of nitrogens with zero attached hydrogens (tertiary/aromatic N) is 2. The highest BCUT2D eigenvalue weighted by Crippen LogP contribution is 2.31. The Kier molecular flexibility index (Phi) is 10.3. The minimum absolute atomic E-state index is 0.0664. The molecule has 0 radical (unpaired) electrons. The van der Waals surface area contributed by atoms with Crippen molar-refractivity contribution in [2.75, 3.05) is 10.8 Å². The van der Waals surface area contributed by atoms with Gasteiger partial charge in [0.05, 0.1) is 10.6 Å². The number of carbonyl (C=O) groups excluding carboxylic acids is 2. The van der Waals surface area contributed by atoms with Crippen molar-refractivity contribution < 1.29 is 18.0 Å². The summed E-state index contributed by atoms with van der Waals surface area (Å²) in [5.41, 5.74) is 3.65. The van der Waals surface area contributed by atoms with Gasteiger partial charge >= 0.3 is 0 Å². The molecule has 0 aromatic heterocycles. The van der Waals surface area contributed by atoms with Gasteiger partial charge in [-0.2, -0.15) is 0 Å². The normalized spacial score (nSPS) is 14.4. The van der Waals surface area contributed by atoms with Crippen LogP contribution in [0.15, 0.2) is 71.6 Å². The molecule has 0 spiro atoms. The quantitative estimate of drug-likeness (QED) is 0.275. The molecule has 7 nitrogen and oxygen atoms in total. The molecule has 1 aliphatic carbocycles. The van der Waals surface area contributed by atoms with Crippen LogP contribution in [-0.2, 0) is 26.2 Å². The number of benzene rings is 3. The van der Waals surface area contributed by atoms with E-state index in [1.165, 1.54) is 17.0 Å². The van der Waals surface area contributed by atoms with Crippen LogP contribution in [0.3, 0.4) is 0 Å². The number of nitrogens with one attached hydrogen (secondary N) is 1. The molecule has 0 bridgehead atoms. The van der Waals surface area contributed by atoms with Gasteiger partial charge in [-0.1, -0.05) is 79.4 Å². The number of rotatable bonds is 11. The van der Waals surface area contributed by atoms with Crippen molar-refractivity contribution in [2.24, 2.45) is 0 Å². The van der Waals surface area contributed by atoms with Crippen LogP contribution in [0.2, 0.25) is 5.02 Å². The van der Waals surface area contributed by atoms with E-state index >= 15 is 0 Å². The van der Waals surface area contributed by atoms with E-state index in [0.29, 0.717) is 22.7 Å². The van der Waals surface area contributed by atoms with Crippen molar-refractivity contribution in [3.8, 4) is 0 Å². The number of sulfonamides is 1. The van der Waals surface area contributed by atoms with E-state index in [-0.39, 0.29) is 23.4 Å². The van der Waals surface area contributed by atoms with Crippen molar-refractivity contribution in [3.05, 3.63) is 94.0 Å². The summed E-state index contributed by atoms with van der Waals surface area (Å²) in [5.74, 6) is -0.681. The van der Waals surface area contributed by atoms with Gasteiger partial charge in [0.25, 0.3) is 10.0 Å². The highest BCUT2D eigenvalue weighted by Gasteiger charge is 2.35. The van der Waals surface area contributed by atoms with E-state index < -0.39 is 28.5 Å². The molecule has 1 atom stereocenters. The summed E-state index contributed by atoms with van der Waals surface area (Å²) in [4.78, 5) is 29.5. The molecule has 1 N–H and O–H groups in total. The lowest BCUT2D eigenvalue weighted by molar-refractivity contribution is -0.140. The maximum atomic E-state index is 14.3. The molecule has 1 aliphatic rings. The Hall–Kier alpha value is -3.36. The van der Waals surface area contributed by atoms with E-state index in [1.54, 1.807) is 37.3 Å². The highest BCUT2D eigenvalue weighted by molar-refractivity contribution is 7.92. The Bertz CT molecular complexity index is 1520. The Morgan fingerprint density at radius 2 is 1.62 bits per heavy atom. The second-order valence-electron chi connectivity index (χ2n) is 11.1. The summed E-state index contributed by atoms with van der Waals surface area (Å²) in [5, 5.41) is 3.54. The molecule has 0 heterocycles. The summed E-state index contributed by atoms with van der Waals surface area (Å²) in [6.07, 6.45) is 4.36. The van der Waals surface area contributed by atoms with Gasteiger partial charge in [0.2, 0.25) is 11.8 Å². The lowest BCUT2D eigenvalue weighted by Gasteiger charge is -2.34. The summed E-state index contributed by atoms with van der Waals surface area (Å²) < 4.78 is 29.3. The number of aryl methyl sites for hydroxylation is 2. The Labute approximate surface area is 254 Å². The van der Waals surface area contributed by atoms with Gasteiger partial charge in [-0.3, -0.25) is 13.9 Å². The van der Waals surface area contributed by atoms with E-state index in [0.717, 1.165) is 46.7 Å². The Morgan fingerprint density at radius 3 is 2.26 bits per heavy atom. The van der Waals surface area contributed by atoms with Gasteiger partial charge in [-0.25, -0.2) is 8.42 Å². The number of carbonyl (C=O) groups is 2. The number of halogens is 1. The first-order valence-corrected chi connectivity index (χ1v) is 16.3. The van der Waals surface area contributed by atoms with E-state index in [1.807, 2.05) is 45.0 Å². The number of hydrogen-bond donors (Lipinski definition) is 1. The first kappa shape index (κ1) is 31.6. The molecule has 1 saturated carbocycles. The van der Waals surface area contributed by atoms with Crippen molar-refractivity contribution in [1.29, 1.82) is 0 Å². The van der Waals surface area contributed by atoms with E-state index in [4.69, 9.17) is 11.6 Å². The molecule has 2 amide bonds. The first-order valence-electron chi connectivity index (χ1n) is 14.5. The molecule has 0 saturated heterocycles. The van der Waals surface area contributed by atoms with E-state index in [9.17, 15) is 18.0 Å². The third-order valence-corrected chi connectivity index (χ3v) is 10.3.